The smallest absolute Gasteiger partial charge is 0.128 e. The van der Waals surface area contributed by atoms with Crippen LogP contribution in [0.3, 0.4) is 0 Å². The van der Waals surface area contributed by atoms with Crippen molar-refractivity contribution in [2.75, 3.05) is 23.7 Å². The molecule has 76 valence electrons. The number of aromatic nitrogens is 1. The van der Waals surface area contributed by atoms with Crippen LogP contribution in [0.1, 0.15) is 19.8 Å². The van der Waals surface area contributed by atoms with Crippen molar-refractivity contribution in [2.45, 2.75) is 19.8 Å². The van der Waals surface area contributed by atoms with Crippen LogP contribution in [0.25, 0.3) is 0 Å². The highest BCUT2D eigenvalue weighted by Gasteiger charge is 2.16. The number of nitrogen functional groups attached to an aromatic ring is 1. The van der Waals surface area contributed by atoms with Gasteiger partial charge >= 0.3 is 0 Å². The van der Waals surface area contributed by atoms with Crippen molar-refractivity contribution in [1.29, 1.82) is 0 Å². The van der Waals surface area contributed by atoms with Gasteiger partial charge in [-0.25, -0.2) is 4.98 Å². The molecule has 0 radical (unpaired) electrons. The summed E-state index contributed by atoms with van der Waals surface area (Å²) < 4.78 is 0. The molecule has 2 heterocycles. The summed E-state index contributed by atoms with van der Waals surface area (Å²) in [5, 5.41) is 0. The standard InChI is InChI=1S/C11H17N3/c1-9-3-2-6-14(8-9)11-5-4-10(12)7-13-11/h4-5,7,9H,2-3,6,8,12H2,1H3. The number of rotatable bonds is 1. The summed E-state index contributed by atoms with van der Waals surface area (Å²) in [6.45, 7) is 4.54. The molecule has 1 atom stereocenters. The summed E-state index contributed by atoms with van der Waals surface area (Å²) >= 11 is 0. The molecule has 0 aliphatic carbocycles. The van der Waals surface area contributed by atoms with E-state index in [-0.39, 0.29) is 0 Å². The zero-order chi connectivity index (χ0) is 9.97. The molecule has 1 aromatic rings. The van der Waals surface area contributed by atoms with Gasteiger partial charge in [0.05, 0.1) is 11.9 Å². The Bertz CT molecular complexity index is 294. The Morgan fingerprint density at radius 1 is 1.50 bits per heavy atom. The summed E-state index contributed by atoms with van der Waals surface area (Å²) in [7, 11) is 0. The fraction of sp³-hybridized carbons (Fsp3) is 0.545. The molecule has 2 rings (SSSR count). The Labute approximate surface area is 84.9 Å². The minimum Gasteiger partial charge on any atom is -0.397 e. The van der Waals surface area contributed by atoms with Gasteiger partial charge in [-0.3, -0.25) is 0 Å². The molecule has 0 aromatic carbocycles. The molecule has 1 fully saturated rings. The van der Waals surface area contributed by atoms with Gasteiger partial charge in [0.25, 0.3) is 0 Å². The van der Waals surface area contributed by atoms with E-state index in [1.807, 2.05) is 12.1 Å². The lowest BCUT2D eigenvalue weighted by Gasteiger charge is -2.31. The number of nitrogens with zero attached hydrogens (tertiary/aromatic N) is 2. The highest BCUT2D eigenvalue weighted by atomic mass is 15.2. The second-order valence-corrected chi connectivity index (χ2v) is 4.14. The van der Waals surface area contributed by atoms with Gasteiger partial charge in [0.2, 0.25) is 0 Å². The molecule has 14 heavy (non-hydrogen) atoms. The van der Waals surface area contributed by atoms with Crippen LogP contribution in [0.5, 0.6) is 0 Å². The molecule has 0 bridgehead atoms. The molecule has 1 saturated heterocycles. The fourth-order valence-electron chi connectivity index (χ4n) is 1.98. The minimum atomic E-state index is 0.735. The lowest BCUT2D eigenvalue weighted by Crippen LogP contribution is -2.34. The molecule has 1 aliphatic heterocycles. The number of hydrogen-bond donors (Lipinski definition) is 1. The van der Waals surface area contributed by atoms with Gasteiger partial charge in [0.1, 0.15) is 5.82 Å². The van der Waals surface area contributed by atoms with E-state index in [2.05, 4.69) is 16.8 Å². The second kappa shape index (κ2) is 3.86. The van der Waals surface area contributed by atoms with Crippen molar-refractivity contribution in [3.8, 4) is 0 Å². The van der Waals surface area contributed by atoms with Gasteiger partial charge in [0, 0.05) is 13.1 Å². The van der Waals surface area contributed by atoms with Crippen molar-refractivity contribution in [2.24, 2.45) is 5.92 Å². The molecule has 2 N–H and O–H groups in total. The largest absolute Gasteiger partial charge is 0.397 e. The normalized spacial score (nSPS) is 22.4. The maximum atomic E-state index is 5.60. The summed E-state index contributed by atoms with van der Waals surface area (Å²) in [6.07, 6.45) is 4.34. The van der Waals surface area contributed by atoms with Crippen molar-refractivity contribution < 1.29 is 0 Å². The molecule has 0 spiro atoms. The Morgan fingerprint density at radius 3 is 3.00 bits per heavy atom. The van der Waals surface area contributed by atoms with Gasteiger partial charge in [-0.05, 0) is 30.9 Å². The predicted octanol–water partition coefficient (Wildman–Crippen LogP) is 1.90. The van der Waals surface area contributed by atoms with Crippen LogP contribution in [-0.2, 0) is 0 Å². The Balaban J connectivity index is 2.10. The van der Waals surface area contributed by atoms with Gasteiger partial charge in [-0.1, -0.05) is 6.92 Å². The van der Waals surface area contributed by atoms with E-state index in [0.717, 1.165) is 30.5 Å². The predicted molar refractivity (Wildman–Crippen MR) is 59.3 cm³/mol. The third-order valence-electron chi connectivity index (χ3n) is 2.75. The maximum Gasteiger partial charge on any atom is 0.128 e. The van der Waals surface area contributed by atoms with E-state index in [4.69, 9.17) is 5.73 Å². The van der Waals surface area contributed by atoms with Crippen LogP contribution in [0.4, 0.5) is 11.5 Å². The van der Waals surface area contributed by atoms with Crippen LogP contribution in [-0.4, -0.2) is 18.1 Å². The van der Waals surface area contributed by atoms with Gasteiger partial charge in [-0.2, -0.15) is 0 Å². The van der Waals surface area contributed by atoms with E-state index in [9.17, 15) is 0 Å². The molecule has 3 nitrogen and oxygen atoms in total. The zero-order valence-electron chi connectivity index (χ0n) is 8.61. The fourth-order valence-corrected chi connectivity index (χ4v) is 1.98. The third kappa shape index (κ3) is 1.97. The summed E-state index contributed by atoms with van der Waals surface area (Å²) in [5.41, 5.74) is 6.34. The SMILES string of the molecule is CC1CCCN(c2ccc(N)cn2)C1. The molecule has 1 unspecified atom stereocenters. The molecule has 3 heteroatoms. The summed E-state index contributed by atoms with van der Waals surface area (Å²) in [5.74, 6) is 1.84. The van der Waals surface area contributed by atoms with Gasteiger partial charge in [-0.15, -0.1) is 0 Å². The quantitative estimate of drug-likeness (QED) is 0.737. The maximum absolute atomic E-state index is 5.60. The molecule has 1 aliphatic rings. The average Bonchev–Trinajstić information content (AvgIpc) is 2.19. The Kier molecular flexibility index (Phi) is 2.57. The van der Waals surface area contributed by atoms with Crippen LogP contribution >= 0.6 is 0 Å². The zero-order valence-corrected chi connectivity index (χ0v) is 8.61. The molecule has 1 aromatic heterocycles. The topological polar surface area (TPSA) is 42.1 Å². The Morgan fingerprint density at radius 2 is 2.36 bits per heavy atom. The lowest BCUT2D eigenvalue weighted by molar-refractivity contribution is 0.444. The molecule has 0 amide bonds. The summed E-state index contributed by atoms with van der Waals surface area (Å²) in [4.78, 5) is 6.68. The first-order chi connectivity index (χ1) is 6.75. The average molecular weight is 191 g/mol. The van der Waals surface area contributed by atoms with Crippen LogP contribution in [0, 0.1) is 5.92 Å². The number of piperidine rings is 1. The number of anilines is 2. The van der Waals surface area contributed by atoms with Crippen molar-refractivity contribution in [3.63, 3.8) is 0 Å². The third-order valence-corrected chi connectivity index (χ3v) is 2.75. The minimum absolute atomic E-state index is 0.735. The van der Waals surface area contributed by atoms with E-state index >= 15 is 0 Å². The van der Waals surface area contributed by atoms with Gasteiger partial charge in [0.15, 0.2) is 0 Å². The lowest BCUT2D eigenvalue weighted by atomic mass is 10.0. The Hall–Kier alpha value is -1.25. The first kappa shape index (κ1) is 9.31. The second-order valence-electron chi connectivity index (χ2n) is 4.14. The van der Waals surface area contributed by atoms with E-state index < -0.39 is 0 Å². The monoisotopic (exact) mass is 191 g/mol. The van der Waals surface area contributed by atoms with Crippen LogP contribution in [0.2, 0.25) is 0 Å². The molecular weight excluding hydrogens is 174 g/mol. The number of hydrogen-bond acceptors (Lipinski definition) is 3. The van der Waals surface area contributed by atoms with E-state index in [0.29, 0.717) is 0 Å². The molecular formula is C11H17N3. The van der Waals surface area contributed by atoms with Crippen molar-refractivity contribution in [1.82, 2.24) is 4.98 Å². The first-order valence-corrected chi connectivity index (χ1v) is 5.22. The van der Waals surface area contributed by atoms with Crippen LogP contribution < -0.4 is 10.6 Å². The van der Waals surface area contributed by atoms with Crippen molar-refractivity contribution >= 4 is 11.5 Å². The van der Waals surface area contributed by atoms with Crippen LogP contribution in [0.15, 0.2) is 18.3 Å². The number of pyridine rings is 1. The highest BCUT2D eigenvalue weighted by molar-refractivity contribution is 5.45. The van der Waals surface area contributed by atoms with Crippen molar-refractivity contribution in [3.05, 3.63) is 18.3 Å². The number of nitrogens with two attached hydrogens (primary N) is 1. The van der Waals surface area contributed by atoms with Gasteiger partial charge < -0.3 is 10.6 Å². The van der Waals surface area contributed by atoms with E-state index in [1.165, 1.54) is 12.8 Å². The first-order valence-electron chi connectivity index (χ1n) is 5.22. The summed E-state index contributed by atoms with van der Waals surface area (Å²) in [6, 6.07) is 3.93. The molecule has 0 saturated carbocycles. The highest BCUT2D eigenvalue weighted by Crippen LogP contribution is 2.21. The van der Waals surface area contributed by atoms with E-state index in [1.54, 1.807) is 6.20 Å².